The minimum absolute atomic E-state index is 0.542. The van der Waals surface area contributed by atoms with E-state index in [4.69, 9.17) is 0 Å². The maximum absolute atomic E-state index is 13.9. The monoisotopic (exact) mass is 682 g/mol. The molecule has 42 heavy (non-hydrogen) atoms. The van der Waals surface area contributed by atoms with Crippen molar-refractivity contribution in [2.45, 2.75) is 85.4 Å². The first-order valence-corrected chi connectivity index (χ1v) is 9.46. The zero-order valence-corrected chi connectivity index (χ0v) is 19.3. The van der Waals surface area contributed by atoms with Crippen molar-refractivity contribution in [2.24, 2.45) is 0 Å². The molecule has 0 saturated carbocycles. The van der Waals surface area contributed by atoms with E-state index in [0.717, 1.165) is 0 Å². The van der Waals surface area contributed by atoms with E-state index >= 15 is 0 Å². The SMILES string of the molecule is C=C(C)C(=O)OC(C)C(F)(F)C(F)(F)C(F)(F)C(F)(F)C(F)(F)C(F)(F)C(F)(F)C(F)(F)C(F)(F)C(F)(F)C(F)(F)F. The van der Waals surface area contributed by atoms with Crippen LogP contribution < -0.4 is 0 Å². The van der Waals surface area contributed by atoms with Gasteiger partial charge in [0.25, 0.3) is 0 Å². The summed E-state index contributed by atoms with van der Waals surface area (Å²) in [5, 5.41) is 0. The van der Waals surface area contributed by atoms with Gasteiger partial charge in [0, 0.05) is 5.57 Å². The molecular formula is C17H9F23O2. The second kappa shape index (κ2) is 10.1. The number of ether oxygens (including phenoxy) is 1. The van der Waals surface area contributed by atoms with Gasteiger partial charge in [-0.05, 0) is 13.8 Å². The van der Waals surface area contributed by atoms with E-state index in [1.807, 2.05) is 0 Å². The van der Waals surface area contributed by atoms with Crippen molar-refractivity contribution in [1.29, 1.82) is 0 Å². The Morgan fingerprint density at radius 3 is 0.905 bits per heavy atom. The third kappa shape index (κ3) is 4.88. The number of hydrogen-bond donors (Lipinski definition) is 0. The minimum Gasteiger partial charge on any atom is -0.453 e. The van der Waals surface area contributed by atoms with Gasteiger partial charge in [0.1, 0.15) is 0 Å². The number of alkyl halides is 23. The molecule has 1 atom stereocenters. The fourth-order valence-electron chi connectivity index (χ4n) is 2.36. The first-order chi connectivity index (χ1) is 17.7. The van der Waals surface area contributed by atoms with E-state index in [2.05, 4.69) is 11.3 Å². The Balaban J connectivity index is 7.20. The van der Waals surface area contributed by atoms with E-state index in [1.54, 1.807) is 0 Å². The average Bonchev–Trinajstić information content (AvgIpc) is 2.76. The topological polar surface area (TPSA) is 26.3 Å². The Morgan fingerprint density at radius 1 is 0.476 bits per heavy atom. The molecule has 25 heteroatoms. The highest BCUT2D eigenvalue weighted by Crippen LogP contribution is 2.67. The van der Waals surface area contributed by atoms with E-state index in [9.17, 15) is 106 Å². The summed E-state index contributed by atoms with van der Waals surface area (Å²) in [5.74, 6) is -90.9. The van der Waals surface area contributed by atoms with Crippen molar-refractivity contribution in [2.75, 3.05) is 0 Å². The molecule has 0 aliphatic carbocycles. The standard InChI is InChI=1S/C17H9F23O2/c1-4(2)6(41)42-5(3)7(18,19)8(20,21)9(22,23)10(24,25)11(26,27)12(28,29)13(30,31)14(32,33)15(34,35)16(36,37)17(38,39)40/h5H,1H2,2-3H3. The number of carbonyl (C=O) groups is 1. The summed E-state index contributed by atoms with van der Waals surface area (Å²) in [6.07, 6.45) is -12.3. The molecule has 0 aromatic carbocycles. The highest BCUT2D eigenvalue weighted by Gasteiger charge is 2.99. The summed E-state index contributed by atoms with van der Waals surface area (Å²) in [5.41, 5.74) is -1.03. The predicted molar refractivity (Wildman–Crippen MR) is 85.9 cm³/mol. The van der Waals surface area contributed by atoms with E-state index in [-0.39, 0.29) is 0 Å². The smallest absolute Gasteiger partial charge is 0.453 e. The van der Waals surface area contributed by atoms with Gasteiger partial charge in [-0.2, -0.15) is 101 Å². The molecule has 0 radical (unpaired) electrons. The van der Waals surface area contributed by atoms with Crippen LogP contribution in [0.15, 0.2) is 12.2 Å². The van der Waals surface area contributed by atoms with Crippen LogP contribution in [-0.2, 0) is 9.53 Å². The molecule has 1 unspecified atom stereocenters. The van der Waals surface area contributed by atoms with Crippen LogP contribution in [0.25, 0.3) is 0 Å². The lowest BCUT2D eigenvalue weighted by molar-refractivity contribution is -0.479. The van der Waals surface area contributed by atoms with Crippen molar-refractivity contribution >= 4 is 5.97 Å². The summed E-state index contributed by atoms with van der Waals surface area (Å²) in [6, 6.07) is 0. The van der Waals surface area contributed by atoms with E-state index in [1.165, 1.54) is 0 Å². The average molecular weight is 682 g/mol. The second-order valence-corrected chi connectivity index (χ2v) is 8.12. The van der Waals surface area contributed by atoms with Gasteiger partial charge >= 0.3 is 71.4 Å². The van der Waals surface area contributed by atoms with E-state index in [0.29, 0.717) is 6.92 Å². The first-order valence-electron chi connectivity index (χ1n) is 9.46. The van der Waals surface area contributed by atoms with Gasteiger partial charge in [-0.15, -0.1) is 0 Å². The lowest BCUT2D eigenvalue weighted by atomic mass is 9.85. The van der Waals surface area contributed by atoms with Crippen molar-refractivity contribution in [3.63, 3.8) is 0 Å². The molecule has 0 rings (SSSR count). The molecule has 0 N–H and O–H groups in total. The van der Waals surface area contributed by atoms with Gasteiger partial charge in [-0.1, -0.05) is 6.58 Å². The molecule has 0 aliphatic heterocycles. The Hall–Kier alpha value is -2.40. The minimum atomic E-state index is -9.47. The third-order valence-electron chi connectivity index (χ3n) is 5.07. The van der Waals surface area contributed by atoms with Gasteiger partial charge in [0.05, 0.1) is 0 Å². The number of carbonyl (C=O) groups excluding carboxylic acids is 1. The summed E-state index contributed by atoms with van der Waals surface area (Å²) in [7, 11) is 0. The summed E-state index contributed by atoms with van der Waals surface area (Å²) in [6.45, 7) is 2.62. The first kappa shape index (κ1) is 39.6. The molecule has 0 fully saturated rings. The second-order valence-electron chi connectivity index (χ2n) is 8.12. The Labute approximate surface area is 215 Å². The molecule has 250 valence electrons. The van der Waals surface area contributed by atoms with Crippen LogP contribution in [0.2, 0.25) is 0 Å². The molecule has 0 bridgehead atoms. The molecule has 0 saturated heterocycles. The molecule has 0 aromatic rings. The molecule has 0 amide bonds. The Morgan fingerprint density at radius 2 is 0.690 bits per heavy atom. The van der Waals surface area contributed by atoms with Crippen molar-refractivity contribution in [1.82, 2.24) is 0 Å². The molecule has 0 aliphatic rings. The van der Waals surface area contributed by atoms with Gasteiger partial charge in [-0.3, -0.25) is 0 Å². The lowest BCUT2D eigenvalue weighted by Crippen LogP contribution is -2.78. The number of halogens is 23. The molecule has 2 nitrogen and oxygen atoms in total. The predicted octanol–water partition coefficient (Wildman–Crippen LogP) is 8.41. The zero-order chi connectivity index (χ0) is 34.9. The van der Waals surface area contributed by atoms with Crippen molar-refractivity contribution in [3.8, 4) is 0 Å². The van der Waals surface area contributed by atoms with Crippen molar-refractivity contribution in [3.05, 3.63) is 12.2 Å². The molecule has 0 heterocycles. The van der Waals surface area contributed by atoms with Crippen LogP contribution in [0.4, 0.5) is 101 Å². The Bertz CT molecular complexity index is 1040. The fraction of sp³-hybridized carbons (Fsp3) is 0.824. The fourth-order valence-corrected chi connectivity index (χ4v) is 2.36. The highest BCUT2D eigenvalue weighted by molar-refractivity contribution is 5.87. The lowest BCUT2D eigenvalue weighted by Gasteiger charge is -2.45. The normalized spacial score (nSPS) is 16.8. The summed E-state index contributed by atoms with van der Waals surface area (Å²) in [4.78, 5) is 11.1. The van der Waals surface area contributed by atoms with Gasteiger partial charge < -0.3 is 4.74 Å². The van der Waals surface area contributed by atoms with Crippen LogP contribution in [0.5, 0.6) is 0 Å². The van der Waals surface area contributed by atoms with Gasteiger partial charge in [0.15, 0.2) is 6.10 Å². The number of esters is 1. The number of rotatable bonds is 12. The summed E-state index contributed by atoms with van der Waals surface area (Å²) >= 11 is 0. The Kier molecular flexibility index (Phi) is 9.50. The van der Waals surface area contributed by atoms with Gasteiger partial charge in [-0.25, -0.2) is 4.79 Å². The maximum Gasteiger partial charge on any atom is 0.460 e. The van der Waals surface area contributed by atoms with Crippen LogP contribution in [-0.4, -0.2) is 77.5 Å². The van der Waals surface area contributed by atoms with Crippen molar-refractivity contribution < 1.29 is 111 Å². The van der Waals surface area contributed by atoms with Crippen LogP contribution in [0.3, 0.4) is 0 Å². The highest BCUT2D eigenvalue weighted by atomic mass is 19.4. The third-order valence-corrected chi connectivity index (χ3v) is 5.07. The van der Waals surface area contributed by atoms with Crippen LogP contribution >= 0.6 is 0 Å². The number of hydrogen-bond acceptors (Lipinski definition) is 2. The quantitative estimate of drug-likeness (QED) is 0.118. The molecule has 0 aromatic heterocycles. The summed E-state index contributed by atoms with van der Waals surface area (Å²) < 4.78 is 310. The zero-order valence-electron chi connectivity index (χ0n) is 19.3. The molecule has 0 spiro atoms. The molecular weight excluding hydrogens is 673 g/mol. The van der Waals surface area contributed by atoms with E-state index < -0.39 is 90.0 Å². The van der Waals surface area contributed by atoms with Crippen LogP contribution in [0.1, 0.15) is 13.8 Å². The largest absolute Gasteiger partial charge is 0.460 e. The maximum atomic E-state index is 13.9. The van der Waals surface area contributed by atoms with Gasteiger partial charge in [0.2, 0.25) is 0 Å². The van der Waals surface area contributed by atoms with Crippen LogP contribution in [0, 0.1) is 0 Å².